The van der Waals surface area contributed by atoms with E-state index in [0.29, 0.717) is 5.82 Å². The van der Waals surface area contributed by atoms with Crippen LogP contribution in [0.1, 0.15) is 44.2 Å². The summed E-state index contributed by atoms with van der Waals surface area (Å²) >= 11 is 0. The summed E-state index contributed by atoms with van der Waals surface area (Å²) in [4.78, 5) is 13.1. The van der Waals surface area contributed by atoms with Crippen molar-refractivity contribution in [3.8, 4) is 5.69 Å². The lowest BCUT2D eigenvalue weighted by atomic mass is 10.0. The molecule has 0 aliphatic carbocycles. The molecule has 3 heterocycles. The van der Waals surface area contributed by atoms with Crippen molar-refractivity contribution >= 4 is 11.0 Å². The average molecular weight is 324 g/mol. The van der Waals surface area contributed by atoms with Crippen molar-refractivity contribution in [2.45, 2.75) is 38.4 Å². The standard InChI is InChI=1S/C18H20N4O2/c1-18(2,23)17-19-9-12(10-20-17)22-11-21-14-6-3-5-13(16(14)22)15-7-4-8-24-15/h3,5-6,9-11,15,23H,4,7-8H2,1-2H3. The predicted octanol–water partition coefficient (Wildman–Crippen LogP) is 2.89. The fraction of sp³-hybridized carbons (Fsp3) is 0.389. The molecule has 0 spiro atoms. The van der Waals surface area contributed by atoms with Gasteiger partial charge in [-0.25, -0.2) is 15.0 Å². The minimum atomic E-state index is -1.06. The molecule has 124 valence electrons. The molecule has 0 radical (unpaired) electrons. The van der Waals surface area contributed by atoms with Gasteiger partial charge in [-0.15, -0.1) is 0 Å². The summed E-state index contributed by atoms with van der Waals surface area (Å²) in [5.41, 5.74) is 2.86. The van der Waals surface area contributed by atoms with Gasteiger partial charge in [-0.1, -0.05) is 12.1 Å². The highest BCUT2D eigenvalue weighted by Gasteiger charge is 2.23. The molecule has 1 aromatic carbocycles. The summed E-state index contributed by atoms with van der Waals surface area (Å²) in [7, 11) is 0. The molecule has 2 aromatic heterocycles. The molecule has 0 saturated carbocycles. The van der Waals surface area contributed by atoms with Gasteiger partial charge in [-0.05, 0) is 32.8 Å². The molecule has 1 aliphatic rings. The highest BCUT2D eigenvalue weighted by Crippen LogP contribution is 2.34. The molecular weight excluding hydrogens is 304 g/mol. The van der Waals surface area contributed by atoms with Crippen LogP contribution in [0.4, 0.5) is 0 Å². The molecule has 24 heavy (non-hydrogen) atoms. The SMILES string of the molecule is CC(C)(O)c1ncc(-n2cnc3cccc(C4CCCO4)c32)cn1. The smallest absolute Gasteiger partial charge is 0.159 e. The molecule has 1 saturated heterocycles. The Morgan fingerprint density at radius 2 is 2.00 bits per heavy atom. The van der Waals surface area contributed by atoms with Gasteiger partial charge in [0.1, 0.15) is 11.9 Å². The van der Waals surface area contributed by atoms with E-state index < -0.39 is 5.60 Å². The molecule has 0 amide bonds. The Kier molecular flexibility index (Phi) is 3.58. The van der Waals surface area contributed by atoms with Crippen molar-refractivity contribution in [1.29, 1.82) is 0 Å². The number of fused-ring (bicyclic) bond motifs is 1. The normalized spacial score (nSPS) is 18.4. The first-order chi connectivity index (χ1) is 11.5. The van der Waals surface area contributed by atoms with Crippen LogP contribution >= 0.6 is 0 Å². The van der Waals surface area contributed by atoms with E-state index >= 15 is 0 Å². The Hall–Kier alpha value is -2.31. The molecule has 4 rings (SSSR count). The summed E-state index contributed by atoms with van der Waals surface area (Å²) in [6.45, 7) is 4.15. The molecule has 1 aliphatic heterocycles. The Balaban J connectivity index is 1.82. The Morgan fingerprint density at radius 1 is 1.21 bits per heavy atom. The van der Waals surface area contributed by atoms with Crippen molar-refractivity contribution in [3.05, 3.63) is 48.3 Å². The van der Waals surface area contributed by atoms with E-state index in [2.05, 4.69) is 21.0 Å². The number of rotatable bonds is 3. The van der Waals surface area contributed by atoms with E-state index in [1.165, 1.54) is 0 Å². The lowest BCUT2D eigenvalue weighted by Crippen LogP contribution is -2.19. The zero-order valence-corrected chi connectivity index (χ0v) is 13.8. The van der Waals surface area contributed by atoms with Gasteiger partial charge in [0.15, 0.2) is 5.82 Å². The summed E-state index contributed by atoms with van der Waals surface area (Å²) < 4.78 is 7.85. The number of benzene rings is 1. The number of ether oxygens (including phenoxy) is 1. The summed E-state index contributed by atoms with van der Waals surface area (Å²) in [6, 6.07) is 6.11. The van der Waals surface area contributed by atoms with Crippen molar-refractivity contribution in [3.63, 3.8) is 0 Å². The third-order valence-corrected chi connectivity index (χ3v) is 4.34. The molecule has 1 N–H and O–H groups in total. The number of para-hydroxylation sites is 1. The van der Waals surface area contributed by atoms with E-state index in [-0.39, 0.29) is 6.10 Å². The Labute approximate surface area is 140 Å². The molecule has 0 bridgehead atoms. The van der Waals surface area contributed by atoms with Crippen LogP contribution in [0.3, 0.4) is 0 Å². The summed E-state index contributed by atoms with van der Waals surface area (Å²) in [6.07, 6.45) is 7.44. The van der Waals surface area contributed by atoms with Crippen LogP contribution in [-0.2, 0) is 10.3 Å². The minimum absolute atomic E-state index is 0.112. The van der Waals surface area contributed by atoms with Crippen molar-refractivity contribution < 1.29 is 9.84 Å². The maximum Gasteiger partial charge on any atom is 0.159 e. The van der Waals surface area contributed by atoms with E-state index in [1.807, 2.05) is 16.7 Å². The number of aliphatic hydroxyl groups is 1. The van der Waals surface area contributed by atoms with Gasteiger partial charge in [-0.3, -0.25) is 4.57 Å². The highest BCUT2D eigenvalue weighted by atomic mass is 16.5. The third kappa shape index (κ3) is 2.57. The van der Waals surface area contributed by atoms with Crippen LogP contribution in [-0.4, -0.2) is 31.2 Å². The fourth-order valence-electron chi connectivity index (χ4n) is 3.13. The Morgan fingerprint density at radius 3 is 2.67 bits per heavy atom. The number of nitrogens with zero attached hydrogens (tertiary/aromatic N) is 4. The number of hydrogen-bond acceptors (Lipinski definition) is 5. The zero-order valence-electron chi connectivity index (χ0n) is 13.8. The minimum Gasteiger partial charge on any atom is -0.382 e. The molecule has 1 unspecified atom stereocenters. The first-order valence-electron chi connectivity index (χ1n) is 8.17. The first kappa shape index (κ1) is 15.2. The molecule has 1 atom stereocenters. The summed E-state index contributed by atoms with van der Waals surface area (Å²) in [5.74, 6) is 0.398. The first-order valence-corrected chi connectivity index (χ1v) is 8.17. The van der Waals surface area contributed by atoms with Crippen LogP contribution in [0.15, 0.2) is 36.9 Å². The van der Waals surface area contributed by atoms with Gasteiger partial charge in [0.25, 0.3) is 0 Å². The van der Waals surface area contributed by atoms with Gasteiger partial charge in [-0.2, -0.15) is 0 Å². The van der Waals surface area contributed by atoms with Crippen LogP contribution < -0.4 is 0 Å². The van der Waals surface area contributed by atoms with E-state index in [4.69, 9.17) is 4.74 Å². The lowest BCUT2D eigenvalue weighted by molar-refractivity contribution is 0.0687. The van der Waals surface area contributed by atoms with Crippen LogP contribution in [0.2, 0.25) is 0 Å². The van der Waals surface area contributed by atoms with Crippen LogP contribution in [0.5, 0.6) is 0 Å². The predicted molar refractivity (Wildman–Crippen MR) is 89.8 cm³/mol. The largest absolute Gasteiger partial charge is 0.382 e. The van der Waals surface area contributed by atoms with Crippen molar-refractivity contribution in [2.24, 2.45) is 0 Å². The molecule has 6 nitrogen and oxygen atoms in total. The zero-order chi connectivity index (χ0) is 16.7. The third-order valence-electron chi connectivity index (χ3n) is 4.34. The monoisotopic (exact) mass is 324 g/mol. The number of imidazole rings is 1. The second-order valence-electron chi connectivity index (χ2n) is 6.66. The number of hydrogen-bond donors (Lipinski definition) is 1. The lowest BCUT2D eigenvalue weighted by Gasteiger charge is -2.16. The molecular formula is C18H20N4O2. The second kappa shape index (κ2) is 5.65. The maximum absolute atomic E-state index is 10.0. The average Bonchev–Trinajstić information content (AvgIpc) is 3.23. The Bertz CT molecular complexity index is 859. The van der Waals surface area contributed by atoms with Gasteiger partial charge in [0.05, 0.1) is 35.2 Å². The van der Waals surface area contributed by atoms with Gasteiger partial charge < -0.3 is 9.84 Å². The van der Waals surface area contributed by atoms with Crippen LogP contribution in [0.25, 0.3) is 16.7 Å². The fourth-order valence-corrected chi connectivity index (χ4v) is 3.13. The number of aromatic nitrogens is 4. The quantitative estimate of drug-likeness (QED) is 0.802. The molecule has 3 aromatic rings. The van der Waals surface area contributed by atoms with E-state index in [1.54, 1.807) is 32.6 Å². The van der Waals surface area contributed by atoms with Crippen LogP contribution in [0, 0.1) is 0 Å². The molecule has 6 heteroatoms. The van der Waals surface area contributed by atoms with Gasteiger partial charge in [0, 0.05) is 12.2 Å². The van der Waals surface area contributed by atoms with Gasteiger partial charge >= 0.3 is 0 Å². The van der Waals surface area contributed by atoms with Gasteiger partial charge in [0.2, 0.25) is 0 Å². The topological polar surface area (TPSA) is 73.1 Å². The maximum atomic E-state index is 10.0. The summed E-state index contributed by atoms with van der Waals surface area (Å²) in [5, 5.41) is 10.0. The highest BCUT2D eigenvalue weighted by molar-refractivity contribution is 5.81. The second-order valence-corrected chi connectivity index (χ2v) is 6.66. The van der Waals surface area contributed by atoms with Crippen molar-refractivity contribution in [2.75, 3.05) is 6.61 Å². The van der Waals surface area contributed by atoms with Crippen molar-refractivity contribution in [1.82, 2.24) is 19.5 Å². The van der Waals surface area contributed by atoms with E-state index in [9.17, 15) is 5.11 Å². The van der Waals surface area contributed by atoms with E-state index in [0.717, 1.165) is 41.7 Å². The molecule has 1 fully saturated rings.